The maximum Gasteiger partial charge on any atom is 0.220 e. The molecule has 6 heteroatoms. The molecule has 1 saturated carbocycles. The van der Waals surface area contributed by atoms with Gasteiger partial charge in [-0.05, 0) is 12.3 Å². The van der Waals surface area contributed by atoms with Crippen molar-refractivity contribution < 1.29 is 13.2 Å². The molecule has 0 spiro atoms. The van der Waals surface area contributed by atoms with Crippen molar-refractivity contribution in [3.63, 3.8) is 0 Å². The minimum Gasteiger partial charge on any atom is -0.369 e. The van der Waals surface area contributed by atoms with E-state index in [0.717, 1.165) is 0 Å². The highest BCUT2D eigenvalue weighted by Gasteiger charge is 2.43. The molecule has 0 radical (unpaired) electrons. The van der Waals surface area contributed by atoms with Gasteiger partial charge in [0.1, 0.15) is 0 Å². The van der Waals surface area contributed by atoms with E-state index in [1.54, 1.807) is 6.92 Å². The van der Waals surface area contributed by atoms with E-state index in [-0.39, 0.29) is 17.6 Å². The van der Waals surface area contributed by atoms with E-state index in [1.165, 1.54) is 0 Å². The molecular weight excluding hydrogens is 192 g/mol. The van der Waals surface area contributed by atoms with Crippen LogP contribution in [-0.2, 0) is 14.8 Å². The van der Waals surface area contributed by atoms with Crippen molar-refractivity contribution in [2.24, 2.45) is 17.6 Å². The number of primary amides is 1. The van der Waals surface area contributed by atoms with Crippen LogP contribution in [0.2, 0.25) is 0 Å². The Morgan fingerprint density at radius 2 is 2.23 bits per heavy atom. The second-order valence-corrected chi connectivity index (χ2v) is 5.14. The van der Waals surface area contributed by atoms with Gasteiger partial charge in [-0.25, -0.2) is 13.1 Å². The third kappa shape index (κ3) is 2.96. The van der Waals surface area contributed by atoms with E-state index in [4.69, 9.17) is 5.73 Å². The van der Waals surface area contributed by atoms with Gasteiger partial charge in [0.15, 0.2) is 0 Å². The van der Waals surface area contributed by atoms with Gasteiger partial charge in [0.2, 0.25) is 15.9 Å². The zero-order chi connectivity index (χ0) is 10.1. The lowest BCUT2D eigenvalue weighted by atomic mass is 10.3. The minimum absolute atomic E-state index is 0.0223. The van der Waals surface area contributed by atoms with Crippen LogP contribution in [-0.4, -0.2) is 26.6 Å². The van der Waals surface area contributed by atoms with Gasteiger partial charge in [-0.2, -0.15) is 0 Å². The Kier molecular flexibility index (Phi) is 2.92. The third-order valence-corrected chi connectivity index (χ3v) is 3.68. The highest BCUT2D eigenvalue weighted by Crippen LogP contribution is 2.38. The van der Waals surface area contributed by atoms with E-state index in [9.17, 15) is 13.2 Å². The summed E-state index contributed by atoms with van der Waals surface area (Å²) in [7, 11) is -3.19. The normalized spacial score (nSPS) is 27.2. The van der Waals surface area contributed by atoms with E-state index in [0.29, 0.717) is 13.0 Å². The first-order valence-electron chi connectivity index (χ1n) is 4.23. The third-order valence-electron chi connectivity index (χ3n) is 2.09. The molecule has 0 aromatic rings. The van der Waals surface area contributed by atoms with Crippen molar-refractivity contribution in [1.29, 1.82) is 0 Å². The van der Waals surface area contributed by atoms with Gasteiger partial charge in [0.05, 0.1) is 5.75 Å². The molecule has 5 nitrogen and oxygen atoms in total. The highest BCUT2D eigenvalue weighted by molar-refractivity contribution is 7.89. The number of amides is 1. The van der Waals surface area contributed by atoms with Crippen molar-refractivity contribution >= 4 is 15.9 Å². The summed E-state index contributed by atoms with van der Waals surface area (Å²) in [4.78, 5) is 10.6. The molecule has 0 aromatic heterocycles. The molecule has 2 atom stereocenters. The number of nitrogens with two attached hydrogens (primary N) is 1. The Morgan fingerprint density at radius 3 is 2.62 bits per heavy atom. The topological polar surface area (TPSA) is 89.3 Å². The minimum atomic E-state index is -3.19. The van der Waals surface area contributed by atoms with Gasteiger partial charge in [-0.3, -0.25) is 4.79 Å². The highest BCUT2D eigenvalue weighted by atomic mass is 32.2. The fourth-order valence-corrected chi connectivity index (χ4v) is 2.83. The second-order valence-electron chi connectivity index (χ2n) is 3.28. The molecule has 0 heterocycles. The van der Waals surface area contributed by atoms with E-state index < -0.39 is 15.9 Å². The second kappa shape index (κ2) is 3.63. The number of hydrogen-bond donors (Lipinski definition) is 2. The van der Waals surface area contributed by atoms with Gasteiger partial charge in [0, 0.05) is 12.5 Å². The Bertz CT molecular complexity index is 299. The van der Waals surface area contributed by atoms with Crippen molar-refractivity contribution in [3.8, 4) is 0 Å². The average Bonchev–Trinajstić information content (AvgIpc) is 2.65. The van der Waals surface area contributed by atoms with E-state index in [1.807, 2.05) is 0 Å². The van der Waals surface area contributed by atoms with Crippen molar-refractivity contribution in [2.45, 2.75) is 13.3 Å². The maximum atomic E-state index is 11.2. The summed E-state index contributed by atoms with van der Waals surface area (Å²) in [5.41, 5.74) is 5.03. The summed E-state index contributed by atoms with van der Waals surface area (Å²) in [5.74, 6) is -0.666. The first-order chi connectivity index (χ1) is 5.96. The summed E-state index contributed by atoms with van der Waals surface area (Å²) in [6.07, 6.45) is 0.611. The predicted molar refractivity (Wildman–Crippen MR) is 48.3 cm³/mol. The molecular formula is C7H14N2O3S. The number of sulfonamides is 1. The summed E-state index contributed by atoms with van der Waals surface area (Å²) < 4.78 is 24.7. The lowest BCUT2D eigenvalue weighted by Gasteiger charge is -2.02. The van der Waals surface area contributed by atoms with Crippen LogP contribution >= 0.6 is 0 Å². The maximum absolute atomic E-state index is 11.2. The fourth-order valence-electron chi connectivity index (χ4n) is 1.34. The molecule has 1 aliphatic rings. The van der Waals surface area contributed by atoms with Crippen LogP contribution in [0.1, 0.15) is 13.3 Å². The van der Waals surface area contributed by atoms with E-state index in [2.05, 4.69) is 4.72 Å². The molecule has 1 rings (SSSR count). The Balaban J connectivity index is 2.40. The first-order valence-corrected chi connectivity index (χ1v) is 5.88. The van der Waals surface area contributed by atoms with Gasteiger partial charge in [-0.1, -0.05) is 6.92 Å². The average molecular weight is 206 g/mol. The molecule has 1 amide bonds. The fraction of sp³-hybridized carbons (Fsp3) is 0.857. The summed E-state index contributed by atoms with van der Waals surface area (Å²) in [6.45, 7) is 2.10. The lowest BCUT2D eigenvalue weighted by Crippen LogP contribution is -2.28. The molecule has 1 fully saturated rings. The zero-order valence-electron chi connectivity index (χ0n) is 7.49. The van der Waals surface area contributed by atoms with Crippen molar-refractivity contribution in [1.82, 2.24) is 4.72 Å². The summed E-state index contributed by atoms with van der Waals surface area (Å²) in [5, 5.41) is 0. The molecule has 3 N–H and O–H groups in total. The standard InChI is InChI=1S/C7H14N2O3S/c1-2-9-13(11,12)4-5-3-6(5)7(8)10/h5-6,9H,2-4H2,1H3,(H2,8,10)/t5-,6+/m0/s1. The molecule has 1 aliphatic carbocycles. The summed E-state index contributed by atoms with van der Waals surface area (Å²) in [6, 6.07) is 0. The number of carbonyl (C=O) groups is 1. The van der Waals surface area contributed by atoms with Crippen LogP contribution < -0.4 is 10.5 Å². The first kappa shape index (κ1) is 10.5. The zero-order valence-corrected chi connectivity index (χ0v) is 8.30. The molecule has 0 saturated heterocycles. The molecule has 0 bridgehead atoms. The molecule has 76 valence electrons. The van der Waals surface area contributed by atoms with Crippen molar-refractivity contribution in [3.05, 3.63) is 0 Å². The van der Waals surface area contributed by atoms with Gasteiger partial charge in [-0.15, -0.1) is 0 Å². The largest absolute Gasteiger partial charge is 0.369 e. The lowest BCUT2D eigenvalue weighted by molar-refractivity contribution is -0.119. The molecule has 0 aromatic carbocycles. The molecule has 0 aliphatic heterocycles. The smallest absolute Gasteiger partial charge is 0.220 e. The van der Waals surface area contributed by atoms with Crippen LogP contribution in [0.5, 0.6) is 0 Å². The SMILES string of the molecule is CCNS(=O)(=O)C[C@@H]1C[C@H]1C(N)=O. The van der Waals surface area contributed by atoms with Crippen molar-refractivity contribution in [2.75, 3.05) is 12.3 Å². The monoisotopic (exact) mass is 206 g/mol. The summed E-state index contributed by atoms with van der Waals surface area (Å²) >= 11 is 0. The van der Waals surface area contributed by atoms with Crippen LogP contribution in [0.3, 0.4) is 0 Å². The quantitative estimate of drug-likeness (QED) is 0.607. The predicted octanol–water partition coefficient (Wildman–Crippen LogP) is -0.953. The number of hydrogen-bond acceptors (Lipinski definition) is 3. The van der Waals surface area contributed by atoms with E-state index >= 15 is 0 Å². The van der Waals surface area contributed by atoms with Gasteiger partial charge >= 0.3 is 0 Å². The van der Waals surface area contributed by atoms with Gasteiger partial charge < -0.3 is 5.73 Å². The number of nitrogens with one attached hydrogen (secondary N) is 1. The van der Waals surface area contributed by atoms with Gasteiger partial charge in [0.25, 0.3) is 0 Å². The number of rotatable bonds is 5. The van der Waals surface area contributed by atoms with Crippen LogP contribution in [0.15, 0.2) is 0 Å². The van der Waals surface area contributed by atoms with Crippen LogP contribution in [0.4, 0.5) is 0 Å². The Hall–Kier alpha value is -0.620. The van der Waals surface area contributed by atoms with Crippen LogP contribution in [0.25, 0.3) is 0 Å². The molecule has 13 heavy (non-hydrogen) atoms. The molecule has 0 unspecified atom stereocenters. The Morgan fingerprint density at radius 1 is 1.62 bits per heavy atom. The Labute approximate surface area is 77.7 Å². The van der Waals surface area contributed by atoms with Crippen LogP contribution in [0, 0.1) is 11.8 Å². The number of carbonyl (C=O) groups excluding carboxylic acids is 1.